The van der Waals surface area contributed by atoms with Crippen LogP contribution in [0.5, 0.6) is 0 Å². The molecular formula is C15H32ClN3O2. The molecule has 126 valence electrons. The summed E-state index contributed by atoms with van der Waals surface area (Å²) in [7, 11) is 0. The van der Waals surface area contributed by atoms with E-state index >= 15 is 0 Å². The first-order chi connectivity index (χ1) is 9.03. The van der Waals surface area contributed by atoms with E-state index in [4.69, 9.17) is 5.73 Å². The highest BCUT2D eigenvalue weighted by Crippen LogP contribution is 2.15. The van der Waals surface area contributed by atoms with Crippen LogP contribution in [0.1, 0.15) is 54.4 Å². The van der Waals surface area contributed by atoms with Crippen molar-refractivity contribution in [2.24, 2.45) is 17.1 Å². The average Bonchev–Trinajstić information content (AvgIpc) is 2.32. The topological polar surface area (TPSA) is 84.2 Å². The highest BCUT2D eigenvalue weighted by atomic mass is 35.5. The van der Waals surface area contributed by atoms with Gasteiger partial charge in [-0.25, -0.2) is 0 Å². The predicted octanol–water partition coefficient (Wildman–Crippen LogP) is 1.84. The number of carbonyl (C=O) groups excluding carboxylic acids is 2. The molecule has 0 aliphatic rings. The molecule has 6 heteroatoms. The zero-order valence-electron chi connectivity index (χ0n) is 14.2. The van der Waals surface area contributed by atoms with Crippen molar-refractivity contribution in [2.75, 3.05) is 13.1 Å². The fraction of sp³-hybridized carbons (Fsp3) is 0.867. The number of rotatable bonds is 7. The SMILES string of the molecule is CC(C)C(C)(CN)NC(=O)CCCNC(=O)C(C)(C)C.Cl. The highest BCUT2D eigenvalue weighted by molar-refractivity contribution is 5.85. The van der Waals surface area contributed by atoms with Crippen LogP contribution in [-0.2, 0) is 9.59 Å². The Labute approximate surface area is 135 Å². The molecule has 0 saturated carbocycles. The van der Waals surface area contributed by atoms with Gasteiger partial charge in [-0.05, 0) is 19.3 Å². The van der Waals surface area contributed by atoms with Crippen molar-refractivity contribution < 1.29 is 9.59 Å². The molecule has 1 unspecified atom stereocenters. The lowest BCUT2D eigenvalue weighted by molar-refractivity contribution is -0.129. The Morgan fingerprint density at radius 3 is 2.05 bits per heavy atom. The maximum Gasteiger partial charge on any atom is 0.225 e. The van der Waals surface area contributed by atoms with E-state index < -0.39 is 5.41 Å². The summed E-state index contributed by atoms with van der Waals surface area (Å²) in [6, 6.07) is 0. The Hall–Kier alpha value is -0.810. The van der Waals surface area contributed by atoms with Gasteiger partial charge in [-0.2, -0.15) is 0 Å². The van der Waals surface area contributed by atoms with Crippen molar-refractivity contribution in [1.29, 1.82) is 0 Å². The first-order valence-corrected chi connectivity index (χ1v) is 7.32. The monoisotopic (exact) mass is 321 g/mol. The van der Waals surface area contributed by atoms with Crippen LogP contribution in [0.15, 0.2) is 0 Å². The van der Waals surface area contributed by atoms with Crippen LogP contribution in [0, 0.1) is 11.3 Å². The van der Waals surface area contributed by atoms with E-state index in [0.29, 0.717) is 25.9 Å². The first-order valence-electron chi connectivity index (χ1n) is 7.32. The van der Waals surface area contributed by atoms with Crippen molar-refractivity contribution in [3.63, 3.8) is 0 Å². The molecular weight excluding hydrogens is 290 g/mol. The molecule has 2 amide bonds. The van der Waals surface area contributed by atoms with Crippen molar-refractivity contribution in [3.05, 3.63) is 0 Å². The van der Waals surface area contributed by atoms with Gasteiger partial charge in [-0.3, -0.25) is 9.59 Å². The standard InChI is InChI=1S/C15H31N3O2.ClH/c1-11(2)15(6,10-16)18-12(19)8-7-9-17-13(20)14(3,4)5;/h11H,7-10,16H2,1-6H3,(H,17,20)(H,18,19);1H. The molecule has 0 aromatic rings. The van der Waals surface area contributed by atoms with Crippen molar-refractivity contribution in [2.45, 2.75) is 59.9 Å². The van der Waals surface area contributed by atoms with E-state index in [1.807, 2.05) is 41.5 Å². The lowest BCUT2D eigenvalue weighted by atomic mass is 9.88. The molecule has 0 spiro atoms. The second kappa shape index (κ2) is 9.26. The minimum absolute atomic E-state index is 0. The van der Waals surface area contributed by atoms with Crippen molar-refractivity contribution in [1.82, 2.24) is 10.6 Å². The molecule has 0 aliphatic heterocycles. The average molecular weight is 322 g/mol. The molecule has 4 N–H and O–H groups in total. The molecule has 0 aliphatic carbocycles. The quantitative estimate of drug-likeness (QED) is 0.626. The zero-order valence-corrected chi connectivity index (χ0v) is 15.0. The van der Waals surface area contributed by atoms with Gasteiger partial charge in [0.1, 0.15) is 0 Å². The zero-order chi connectivity index (χ0) is 16.0. The smallest absolute Gasteiger partial charge is 0.225 e. The normalized spacial score (nSPS) is 14.1. The summed E-state index contributed by atoms with van der Waals surface area (Å²) in [5.74, 6) is 0.264. The molecule has 0 saturated heterocycles. The van der Waals surface area contributed by atoms with Crippen LogP contribution in [0.4, 0.5) is 0 Å². The second-order valence-electron chi connectivity index (χ2n) is 6.93. The molecule has 0 heterocycles. The summed E-state index contributed by atoms with van der Waals surface area (Å²) >= 11 is 0. The van der Waals surface area contributed by atoms with E-state index in [1.54, 1.807) is 0 Å². The number of nitrogens with one attached hydrogen (secondary N) is 2. The Morgan fingerprint density at radius 2 is 1.67 bits per heavy atom. The molecule has 0 aromatic carbocycles. The molecule has 0 aromatic heterocycles. The van der Waals surface area contributed by atoms with Gasteiger partial charge in [0.15, 0.2) is 0 Å². The van der Waals surface area contributed by atoms with Crippen molar-refractivity contribution >= 4 is 24.2 Å². The van der Waals surface area contributed by atoms with E-state index in [0.717, 1.165) is 0 Å². The third kappa shape index (κ3) is 8.27. The van der Waals surface area contributed by atoms with Gasteiger partial charge in [0, 0.05) is 24.9 Å². The lowest BCUT2D eigenvalue weighted by Gasteiger charge is -2.33. The van der Waals surface area contributed by atoms with Gasteiger partial charge in [0.25, 0.3) is 0 Å². The number of nitrogens with two attached hydrogens (primary N) is 1. The molecule has 21 heavy (non-hydrogen) atoms. The van der Waals surface area contributed by atoms with Crippen LogP contribution in [0.3, 0.4) is 0 Å². The summed E-state index contributed by atoms with van der Waals surface area (Å²) in [5, 5.41) is 5.82. The predicted molar refractivity (Wildman–Crippen MR) is 89.4 cm³/mol. The van der Waals surface area contributed by atoms with E-state index in [9.17, 15) is 9.59 Å². The van der Waals surface area contributed by atoms with Gasteiger partial charge >= 0.3 is 0 Å². The maximum absolute atomic E-state index is 11.9. The minimum Gasteiger partial charge on any atom is -0.356 e. The van der Waals surface area contributed by atoms with E-state index in [2.05, 4.69) is 10.6 Å². The van der Waals surface area contributed by atoms with Gasteiger partial charge in [0.05, 0.1) is 5.54 Å². The van der Waals surface area contributed by atoms with E-state index in [1.165, 1.54) is 0 Å². The minimum atomic E-state index is -0.391. The summed E-state index contributed by atoms with van der Waals surface area (Å²) in [4.78, 5) is 23.5. The molecule has 5 nitrogen and oxygen atoms in total. The Morgan fingerprint density at radius 1 is 1.14 bits per heavy atom. The first kappa shape index (κ1) is 22.5. The van der Waals surface area contributed by atoms with Gasteiger partial charge < -0.3 is 16.4 Å². The number of carbonyl (C=O) groups is 2. The third-order valence-corrected chi connectivity index (χ3v) is 3.67. The Kier molecular flexibility index (Phi) is 9.91. The third-order valence-electron chi connectivity index (χ3n) is 3.67. The molecule has 0 radical (unpaired) electrons. The summed E-state index contributed by atoms with van der Waals surface area (Å²) < 4.78 is 0. The fourth-order valence-electron chi connectivity index (χ4n) is 1.53. The number of halogens is 1. The number of amides is 2. The highest BCUT2D eigenvalue weighted by Gasteiger charge is 2.28. The fourth-order valence-corrected chi connectivity index (χ4v) is 1.53. The van der Waals surface area contributed by atoms with Gasteiger partial charge in [0.2, 0.25) is 11.8 Å². The van der Waals surface area contributed by atoms with Crippen LogP contribution in [0.2, 0.25) is 0 Å². The van der Waals surface area contributed by atoms with Gasteiger partial charge in [-0.15, -0.1) is 12.4 Å². The second-order valence-corrected chi connectivity index (χ2v) is 6.93. The summed E-state index contributed by atoms with van der Waals surface area (Å²) in [5.41, 5.74) is 4.97. The van der Waals surface area contributed by atoms with Crippen LogP contribution in [0.25, 0.3) is 0 Å². The molecule has 0 bridgehead atoms. The Balaban J connectivity index is 0. The largest absolute Gasteiger partial charge is 0.356 e. The maximum atomic E-state index is 11.9. The molecule has 0 fully saturated rings. The molecule has 0 rings (SSSR count). The lowest BCUT2D eigenvalue weighted by Crippen LogP contribution is -2.55. The van der Waals surface area contributed by atoms with E-state index in [-0.39, 0.29) is 35.7 Å². The van der Waals surface area contributed by atoms with Crippen LogP contribution >= 0.6 is 12.4 Å². The van der Waals surface area contributed by atoms with Gasteiger partial charge in [-0.1, -0.05) is 34.6 Å². The number of hydrogen-bond donors (Lipinski definition) is 3. The number of hydrogen-bond acceptors (Lipinski definition) is 3. The summed E-state index contributed by atoms with van der Waals surface area (Å²) in [6.07, 6.45) is 1.03. The van der Waals surface area contributed by atoms with Crippen LogP contribution < -0.4 is 16.4 Å². The van der Waals surface area contributed by atoms with Crippen LogP contribution in [-0.4, -0.2) is 30.4 Å². The molecule has 1 atom stereocenters. The van der Waals surface area contributed by atoms with Crippen molar-refractivity contribution in [3.8, 4) is 0 Å². The Bertz CT molecular complexity index is 340. The summed E-state index contributed by atoms with van der Waals surface area (Å²) in [6.45, 7) is 12.6.